The highest BCUT2D eigenvalue weighted by molar-refractivity contribution is 6.30. The average Bonchev–Trinajstić information content (AvgIpc) is 3.13. The molecule has 0 bridgehead atoms. The zero-order valence-corrected chi connectivity index (χ0v) is 31.1. The number of hydrogen-bond acceptors (Lipinski definition) is 4. The van der Waals surface area contributed by atoms with Crippen LogP contribution >= 0.6 is 11.6 Å². The maximum atomic E-state index is 12.9. The molecule has 1 saturated heterocycles. The van der Waals surface area contributed by atoms with Gasteiger partial charge in [-0.1, -0.05) is 133 Å². The molecule has 1 aliphatic heterocycles. The number of likely N-dealkylation sites (tertiary alicyclic amines) is 1. The van der Waals surface area contributed by atoms with E-state index in [1.54, 1.807) is 4.90 Å². The van der Waals surface area contributed by atoms with Gasteiger partial charge in [0.15, 0.2) is 0 Å². The summed E-state index contributed by atoms with van der Waals surface area (Å²) in [4.78, 5) is 27.6. The zero-order chi connectivity index (χ0) is 35.2. The fourth-order valence-corrected chi connectivity index (χ4v) is 5.95. The van der Waals surface area contributed by atoms with E-state index in [0.29, 0.717) is 12.6 Å². The third-order valence-electron chi connectivity index (χ3n) is 8.44. The highest BCUT2D eigenvalue weighted by Crippen LogP contribution is 2.37. The number of quaternary nitrogens is 1. The van der Waals surface area contributed by atoms with Gasteiger partial charge < -0.3 is 19.3 Å². The predicted molar refractivity (Wildman–Crippen MR) is 196 cm³/mol. The summed E-state index contributed by atoms with van der Waals surface area (Å²) >= 11 is 5.94. The Kier molecular flexibility index (Phi) is 20.4. The molecule has 0 spiro atoms. The summed E-state index contributed by atoms with van der Waals surface area (Å²) in [5.41, 5.74) is 2.84. The summed E-state index contributed by atoms with van der Waals surface area (Å²) in [5, 5.41) is 0.779. The number of carbonyl (C=O) groups excluding carboxylic acids is 2. The SMILES string of the molecule is CC.CC.CCC(C(=O)N(C)C)(c1ccccc1)c1ccccc1.CCC(CC)OC(=O)OC[NH+]1CCC(c2ccc(Cl)cc2)CC1. The van der Waals surface area contributed by atoms with Gasteiger partial charge in [0.1, 0.15) is 6.10 Å². The van der Waals surface area contributed by atoms with Crippen molar-refractivity contribution in [2.24, 2.45) is 0 Å². The molecule has 3 aromatic rings. The smallest absolute Gasteiger partial charge is 0.431 e. The minimum absolute atomic E-state index is 0.0341. The Morgan fingerprint density at radius 2 is 1.28 bits per heavy atom. The average molecular weight is 668 g/mol. The van der Waals surface area contributed by atoms with E-state index in [9.17, 15) is 9.59 Å². The first kappa shape index (κ1) is 41.7. The zero-order valence-electron chi connectivity index (χ0n) is 30.4. The molecular formula is C40H60ClN2O4+. The van der Waals surface area contributed by atoms with Crippen LogP contribution in [0.4, 0.5) is 4.79 Å². The lowest BCUT2D eigenvalue weighted by molar-refractivity contribution is -0.922. The first-order valence-electron chi connectivity index (χ1n) is 17.5. The number of ether oxygens (including phenoxy) is 2. The van der Waals surface area contributed by atoms with Gasteiger partial charge in [0.25, 0.3) is 0 Å². The summed E-state index contributed by atoms with van der Waals surface area (Å²) in [6.07, 6.45) is 4.01. The quantitative estimate of drug-likeness (QED) is 0.219. The minimum Gasteiger partial charge on any atom is -0.431 e. The number of rotatable bonds is 10. The Morgan fingerprint density at radius 1 is 0.809 bits per heavy atom. The van der Waals surface area contributed by atoms with Crippen LogP contribution in [0.1, 0.15) is 103 Å². The number of carbonyl (C=O) groups is 2. The number of nitrogens with zero attached hydrogens (tertiary/aromatic N) is 1. The van der Waals surface area contributed by atoms with Crippen molar-refractivity contribution in [1.82, 2.24) is 4.90 Å². The van der Waals surface area contributed by atoms with Crippen LogP contribution in [-0.2, 0) is 19.7 Å². The highest BCUT2D eigenvalue weighted by atomic mass is 35.5. The van der Waals surface area contributed by atoms with Crippen molar-refractivity contribution in [3.8, 4) is 0 Å². The molecule has 1 amide bonds. The second-order valence-electron chi connectivity index (χ2n) is 11.4. The number of amides is 1. The van der Waals surface area contributed by atoms with E-state index in [-0.39, 0.29) is 12.0 Å². The van der Waals surface area contributed by atoms with E-state index in [2.05, 4.69) is 19.1 Å². The molecule has 0 atom stereocenters. The fraction of sp³-hybridized carbons (Fsp3) is 0.500. The van der Waals surface area contributed by atoms with Gasteiger partial charge in [-0.3, -0.25) is 4.79 Å². The van der Waals surface area contributed by atoms with Crippen LogP contribution in [0.3, 0.4) is 0 Å². The number of hydrogen-bond donors (Lipinski definition) is 1. The molecule has 4 rings (SSSR count). The summed E-state index contributed by atoms with van der Waals surface area (Å²) in [5.74, 6) is 0.699. The predicted octanol–water partition coefficient (Wildman–Crippen LogP) is 8.92. The van der Waals surface area contributed by atoms with Gasteiger partial charge in [0.2, 0.25) is 12.6 Å². The lowest BCUT2D eigenvalue weighted by Gasteiger charge is -2.35. The molecule has 3 aromatic carbocycles. The third-order valence-corrected chi connectivity index (χ3v) is 8.69. The van der Waals surface area contributed by atoms with Gasteiger partial charge in [0, 0.05) is 32.0 Å². The molecule has 0 aliphatic carbocycles. The van der Waals surface area contributed by atoms with Crippen LogP contribution in [-0.4, -0.2) is 57.0 Å². The van der Waals surface area contributed by atoms with E-state index < -0.39 is 11.6 Å². The van der Waals surface area contributed by atoms with Gasteiger partial charge in [-0.25, -0.2) is 4.79 Å². The van der Waals surface area contributed by atoms with Crippen LogP contribution in [0.5, 0.6) is 0 Å². The van der Waals surface area contributed by atoms with Crippen LogP contribution in [0.2, 0.25) is 5.02 Å². The molecule has 0 unspecified atom stereocenters. The van der Waals surface area contributed by atoms with Crippen LogP contribution in [0.15, 0.2) is 84.9 Å². The summed E-state index contributed by atoms with van der Waals surface area (Å²) in [7, 11) is 3.64. The van der Waals surface area contributed by atoms with Crippen molar-refractivity contribution >= 4 is 23.7 Å². The molecule has 7 heteroatoms. The Hall–Kier alpha value is -3.35. The first-order chi connectivity index (χ1) is 22.7. The van der Waals surface area contributed by atoms with Gasteiger partial charge in [-0.05, 0) is 54.0 Å². The summed E-state index contributed by atoms with van der Waals surface area (Å²) in [6, 6.07) is 28.2. The van der Waals surface area contributed by atoms with Crippen LogP contribution < -0.4 is 4.90 Å². The summed E-state index contributed by atoms with van der Waals surface area (Å²) in [6.45, 7) is 16.5. The molecule has 1 N–H and O–H groups in total. The van der Waals surface area contributed by atoms with Crippen molar-refractivity contribution in [3.63, 3.8) is 0 Å². The largest absolute Gasteiger partial charge is 0.512 e. The molecule has 6 nitrogen and oxygen atoms in total. The van der Waals surface area contributed by atoms with Crippen molar-refractivity contribution in [3.05, 3.63) is 107 Å². The van der Waals surface area contributed by atoms with Gasteiger partial charge in [0.05, 0.1) is 18.5 Å². The Morgan fingerprint density at radius 3 is 1.68 bits per heavy atom. The molecule has 1 fully saturated rings. The Balaban J connectivity index is 0.000000428. The molecular weight excluding hydrogens is 608 g/mol. The van der Waals surface area contributed by atoms with E-state index in [4.69, 9.17) is 21.1 Å². The molecule has 1 heterocycles. The molecule has 0 radical (unpaired) electrons. The molecule has 0 aromatic heterocycles. The molecule has 0 saturated carbocycles. The summed E-state index contributed by atoms with van der Waals surface area (Å²) < 4.78 is 10.5. The number of halogens is 1. The normalized spacial score (nSPS) is 15.4. The van der Waals surface area contributed by atoms with Gasteiger partial charge >= 0.3 is 6.16 Å². The number of piperidine rings is 1. The lowest BCUT2D eigenvalue weighted by atomic mass is 9.71. The van der Waals surface area contributed by atoms with Crippen LogP contribution in [0, 0.1) is 0 Å². The van der Waals surface area contributed by atoms with Crippen molar-refractivity contribution in [2.75, 3.05) is 33.9 Å². The first-order valence-corrected chi connectivity index (χ1v) is 17.9. The Labute approximate surface area is 290 Å². The maximum absolute atomic E-state index is 12.9. The second kappa shape index (κ2) is 23.1. The standard InChI is InChI=1S/C18H26ClNO3.C18H21NO.2C2H6/c1-3-17(4-2)23-18(21)22-13-20-11-9-15(10-12-20)14-5-7-16(19)8-6-14;1-4-18(17(20)19(2)3,15-11-7-5-8-12-15)16-13-9-6-10-14-16;2*1-2/h5-8,15,17H,3-4,9-13H2,1-2H3;5-14H,4H2,1-3H3;2*1-2H3/p+1. The van der Waals surface area contributed by atoms with Gasteiger partial charge in [-0.2, -0.15) is 0 Å². The van der Waals surface area contributed by atoms with E-state index in [1.165, 1.54) is 10.5 Å². The molecule has 260 valence electrons. The minimum atomic E-state index is -0.605. The molecule has 1 aliphatic rings. The van der Waals surface area contributed by atoms with Crippen LogP contribution in [0.25, 0.3) is 0 Å². The molecule has 47 heavy (non-hydrogen) atoms. The van der Waals surface area contributed by atoms with Crippen molar-refractivity contribution in [1.29, 1.82) is 0 Å². The Bertz CT molecular complexity index is 1200. The number of nitrogens with one attached hydrogen (secondary N) is 1. The van der Waals surface area contributed by atoms with E-state index in [0.717, 1.165) is 61.3 Å². The monoisotopic (exact) mass is 667 g/mol. The van der Waals surface area contributed by atoms with Crippen molar-refractivity contribution in [2.45, 2.75) is 98.0 Å². The van der Waals surface area contributed by atoms with Crippen molar-refractivity contribution < 1.29 is 24.0 Å². The third kappa shape index (κ3) is 12.6. The topological polar surface area (TPSA) is 60.3 Å². The van der Waals surface area contributed by atoms with E-state index in [1.807, 2.05) is 128 Å². The second-order valence-corrected chi connectivity index (χ2v) is 11.8. The maximum Gasteiger partial charge on any atom is 0.512 e. The van der Waals surface area contributed by atoms with E-state index >= 15 is 0 Å². The fourth-order valence-electron chi connectivity index (χ4n) is 5.83. The number of benzene rings is 3. The lowest BCUT2D eigenvalue weighted by Crippen LogP contribution is -3.13. The van der Waals surface area contributed by atoms with Gasteiger partial charge in [-0.15, -0.1) is 0 Å². The number of likely N-dealkylation sites (N-methyl/N-ethyl adjacent to an activating group) is 1. The highest BCUT2D eigenvalue weighted by Gasteiger charge is 2.41.